The summed E-state index contributed by atoms with van der Waals surface area (Å²) in [4.78, 5) is 26.7. The number of nitro benzene ring substituents is 1. The van der Waals surface area contributed by atoms with Crippen molar-refractivity contribution in [2.45, 2.75) is 0 Å². The van der Waals surface area contributed by atoms with E-state index in [0.717, 1.165) is 16.7 Å². The Hall–Kier alpha value is -5.12. The number of nitro groups is 1. The molecule has 4 aromatic heterocycles. The highest BCUT2D eigenvalue weighted by Gasteiger charge is 2.12. The maximum Gasteiger partial charge on any atom is 0.270 e. The molecule has 2 aromatic carbocycles. The van der Waals surface area contributed by atoms with Crippen LogP contribution in [0.15, 0.2) is 94.3 Å². The van der Waals surface area contributed by atoms with Crippen molar-refractivity contribution in [1.82, 2.24) is 19.9 Å². The number of anilines is 1. The van der Waals surface area contributed by atoms with Crippen LogP contribution in [0.4, 0.5) is 11.4 Å². The first-order chi connectivity index (χ1) is 16.6. The number of nitrogen functional groups attached to an aromatic ring is 1. The highest BCUT2D eigenvalue weighted by molar-refractivity contribution is 5.76. The molecule has 6 aromatic rings. The molecule has 166 valence electrons. The van der Waals surface area contributed by atoms with E-state index in [1.54, 1.807) is 49.1 Å². The molecule has 0 saturated carbocycles. The van der Waals surface area contributed by atoms with Crippen LogP contribution in [0.1, 0.15) is 0 Å². The third kappa shape index (κ3) is 4.28. The second kappa shape index (κ2) is 8.79. The number of aromatic nitrogens is 4. The zero-order valence-corrected chi connectivity index (χ0v) is 17.5. The Kier molecular flexibility index (Phi) is 5.37. The molecule has 0 atom stereocenters. The molecule has 10 nitrogen and oxygen atoms in total. The normalized spacial score (nSPS) is 10.7. The van der Waals surface area contributed by atoms with E-state index in [4.69, 9.17) is 14.6 Å². The number of oxazole rings is 2. The first-order valence-electron chi connectivity index (χ1n) is 10.1. The first-order valence-corrected chi connectivity index (χ1v) is 10.1. The van der Waals surface area contributed by atoms with Crippen LogP contribution in [0.5, 0.6) is 0 Å². The molecule has 0 aliphatic heterocycles. The van der Waals surface area contributed by atoms with Crippen molar-refractivity contribution >= 4 is 33.6 Å². The molecule has 0 unspecified atom stereocenters. The third-order valence-electron chi connectivity index (χ3n) is 4.82. The summed E-state index contributed by atoms with van der Waals surface area (Å²) in [6, 6.07) is 17.1. The highest BCUT2D eigenvalue weighted by Crippen LogP contribution is 2.26. The minimum atomic E-state index is -0.451. The zero-order chi connectivity index (χ0) is 23.5. The molecule has 0 radical (unpaired) electrons. The monoisotopic (exact) mass is 452 g/mol. The van der Waals surface area contributed by atoms with Crippen LogP contribution < -0.4 is 5.73 Å². The Morgan fingerprint density at radius 3 is 1.85 bits per heavy atom. The summed E-state index contributed by atoms with van der Waals surface area (Å²) in [6.07, 6.45) is 6.54. The average molecular weight is 452 g/mol. The number of nitrogens with zero attached hydrogens (tertiary/aromatic N) is 5. The van der Waals surface area contributed by atoms with Crippen molar-refractivity contribution in [3.63, 3.8) is 0 Å². The van der Waals surface area contributed by atoms with E-state index in [0.29, 0.717) is 34.1 Å². The van der Waals surface area contributed by atoms with Gasteiger partial charge in [-0.05, 0) is 24.3 Å². The topological polar surface area (TPSA) is 147 Å². The van der Waals surface area contributed by atoms with Crippen LogP contribution in [0.2, 0.25) is 0 Å². The molecule has 0 aliphatic carbocycles. The Balaban J connectivity index is 0.000000142. The molecule has 4 heterocycles. The molecule has 0 spiro atoms. The summed E-state index contributed by atoms with van der Waals surface area (Å²) in [5, 5.41) is 10.7. The minimum absolute atomic E-state index is 0.00730. The van der Waals surface area contributed by atoms with Crippen molar-refractivity contribution in [3.8, 4) is 22.9 Å². The Bertz CT molecular complexity index is 1560. The smallest absolute Gasteiger partial charge is 0.270 e. The van der Waals surface area contributed by atoms with Gasteiger partial charge in [-0.15, -0.1) is 0 Å². The summed E-state index contributed by atoms with van der Waals surface area (Å²) < 4.78 is 11.1. The van der Waals surface area contributed by atoms with E-state index in [-0.39, 0.29) is 5.69 Å². The number of benzene rings is 2. The number of fused-ring (bicyclic) bond motifs is 2. The number of hydrogen-bond acceptors (Lipinski definition) is 9. The van der Waals surface area contributed by atoms with E-state index in [1.165, 1.54) is 12.1 Å². The van der Waals surface area contributed by atoms with Crippen LogP contribution in [0, 0.1) is 10.1 Å². The lowest BCUT2D eigenvalue weighted by molar-refractivity contribution is -0.384. The predicted molar refractivity (Wildman–Crippen MR) is 126 cm³/mol. The molecule has 6 rings (SSSR count). The van der Waals surface area contributed by atoms with E-state index in [1.807, 2.05) is 24.3 Å². The average Bonchev–Trinajstić information content (AvgIpc) is 3.49. The van der Waals surface area contributed by atoms with Gasteiger partial charge in [-0.3, -0.25) is 20.1 Å². The largest absolute Gasteiger partial charge is 0.436 e. The Morgan fingerprint density at radius 1 is 0.765 bits per heavy atom. The van der Waals surface area contributed by atoms with Crippen molar-refractivity contribution in [2.24, 2.45) is 0 Å². The van der Waals surface area contributed by atoms with E-state index in [9.17, 15) is 10.1 Å². The van der Waals surface area contributed by atoms with E-state index < -0.39 is 4.92 Å². The summed E-state index contributed by atoms with van der Waals surface area (Å²) in [7, 11) is 0. The molecule has 0 fully saturated rings. The van der Waals surface area contributed by atoms with E-state index >= 15 is 0 Å². The van der Waals surface area contributed by atoms with Gasteiger partial charge in [0.25, 0.3) is 5.69 Å². The number of rotatable bonds is 3. The maximum atomic E-state index is 10.7. The molecular weight excluding hydrogens is 436 g/mol. The summed E-state index contributed by atoms with van der Waals surface area (Å²) in [5.74, 6) is 0.914. The first kappa shape index (κ1) is 20.8. The van der Waals surface area contributed by atoms with Gasteiger partial charge in [-0.2, -0.15) is 0 Å². The van der Waals surface area contributed by atoms with Gasteiger partial charge in [-0.1, -0.05) is 12.1 Å². The fraction of sp³-hybridized carbons (Fsp3) is 0. The molecule has 10 heteroatoms. The molecule has 0 bridgehead atoms. The molecule has 2 N–H and O–H groups in total. The van der Waals surface area contributed by atoms with Crippen LogP contribution in [-0.2, 0) is 0 Å². The number of non-ortho nitro benzene ring substituents is 1. The summed E-state index contributed by atoms with van der Waals surface area (Å²) in [5.41, 5.74) is 10.6. The van der Waals surface area contributed by atoms with Crippen LogP contribution in [0.3, 0.4) is 0 Å². The van der Waals surface area contributed by atoms with Crippen molar-refractivity contribution < 1.29 is 13.8 Å². The highest BCUT2D eigenvalue weighted by atomic mass is 16.6. The second-order valence-corrected chi connectivity index (χ2v) is 7.16. The van der Waals surface area contributed by atoms with Gasteiger partial charge >= 0.3 is 0 Å². The summed E-state index contributed by atoms with van der Waals surface area (Å²) in [6.45, 7) is 0. The summed E-state index contributed by atoms with van der Waals surface area (Å²) >= 11 is 0. The van der Waals surface area contributed by atoms with Gasteiger partial charge in [0, 0.05) is 53.5 Å². The van der Waals surface area contributed by atoms with Gasteiger partial charge in [0.1, 0.15) is 11.0 Å². The SMILES string of the molecule is Nc1cccc(-c2nc3cnccc3o2)c1.O=[N+]([O-])c1cccc(-c2nc3cnccc3o2)c1. The van der Waals surface area contributed by atoms with Crippen molar-refractivity contribution in [1.29, 1.82) is 0 Å². The molecular formula is C24H16N6O4. The molecule has 0 saturated heterocycles. The number of pyridine rings is 2. The minimum Gasteiger partial charge on any atom is -0.436 e. The quantitative estimate of drug-likeness (QED) is 0.215. The van der Waals surface area contributed by atoms with Gasteiger partial charge in [-0.25, -0.2) is 9.97 Å². The lowest BCUT2D eigenvalue weighted by atomic mass is 10.2. The second-order valence-electron chi connectivity index (χ2n) is 7.16. The van der Waals surface area contributed by atoms with Crippen molar-refractivity contribution in [2.75, 3.05) is 5.73 Å². The lowest BCUT2D eigenvalue weighted by Crippen LogP contribution is -1.87. The lowest BCUT2D eigenvalue weighted by Gasteiger charge is -1.95. The Labute approximate surface area is 191 Å². The van der Waals surface area contributed by atoms with Crippen molar-refractivity contribution in [3.05, 3.63) is 95.6 Å². The third-order valence-corrected chi connectivity index (χ3v) is 4.82. The zero-order valence-electron chi connectivity index (χ0n) is 17.5. The number of nitrogens with two attached hydrogens (primary N) is 1. The molecule has 0 amide bonds. The van der Waals surface area contributed by atoms with Gasteiger partial charge in [0.15, 0.2) is 11.2 Å². The predicted octanol–water partition coefficient (Wildman–Crippen LogP) is 5.27. The molecule has 34 heavy (non-hydrogen) atoms. The van der Waals surface area contributed by atoms with Crippen LogP contribution >= 0.6 is 0 Å². The number of hydrogen-bond donors (Lipinski definition) is 1. The fourth-order valence-electron chi connectivity index (χ4n) is 3.23. The fourth-order valence-corrected chi connectivity index (χ4v) is 3.23. The van der Waals surface area contributed by atoms with Gasteiger partial charge in [0.05, 0.1) is 17.3 Å². The maximum absolute atomic E-state index is 10.7. The standard InChI is InChI=1S/C12H7N3O3.C12H9N3O/c16-15(17)9-3-1-2-8(6-9)12-14-10-7-13-5-4-11(10)18-12;13-9-3-1-2-8(6-9)12-15-10-7-14-5-4-11(10)16-12/h1-7H;1-7H,13H2. The Morgan fingerprint density at radius 2 is 1.32 bits per heavy atom. The van der Waals surface area contributed by atoms with E-state index in [2.05, 4.69) is 19.9 Å². The van der Waals surface area contributed by atoms with Crippen LogP contribution in [-0.4, -0.2) is 24.9 Å². The van der Waals surface area contributed by atoms with Crippen LogP contribution in [0.25, 0.3) is 45.1 Å². The van der Waals surface area contributed by atoms with Gasteiger partial charge < -0.3 is 14.6 Å². The molecule has 0 aliphatic rings. The van der Waals surface area contributed by atoms with Gasteiger partial charge in [0.2, 0.25) is 11.8 Å².